The molecule has 2 amide bonds. The summed E-state index contributed by atoms with van der Waals surface area (Å²) in [6, 6.07) is 2.05. The van der Waals surface area contributed by atoms with E-state index in [2.05, 4.69) is 15.6 Å². The van der Waals surface area contributed by atoms with Gasteiger partial charge in [-0.15, -0.1) is 0 Å². The maximum Gasteiger partial charge on any atom is 0.326 e. The van der Waals surface area contributed by atoms with Crippen molar-refractivity contribution in [3.8, 4) is 5.88 Å². The van der Waals surface area contributed by atoms with Crippen LogP contribution in [-0.2, 0) is 11.3 Å². The molecule has 0 radical (unpaired) electrons. The number of aliphatic carboxylic acids is 1. The molecule has 1 heterocycles. The number of nitrogens with zero attached hydrogens (tertiary/aromatic N) is 1. The molecule has 1 aromatic heterocycles. The normalized spacial score (nSPS) is 13.1. The molecule has 1 rings (SSSR count). The van der Waals surface area contributed by atoms with E-state index in [4.69, 9.17) is 9.84 Å². The topological polar surface area (TPSA) is 101 Å². The number of urea groups is 1. The summed E-state index contributed by atoms with van der Waals surface area (Å²) < 4.78 is 4.94. The predicted octanol–water partition coefficient (Wildman–Crippen LogP) is 1.39. The highest BCUT2D eigenvalue weighted by molar-refractivity contribution is 5.82. The lowest BCUT2D eigenvalue weighted by atomic mass is 9.99. The number of carbonyl (C=O) groups excluding carboxylic acids is 1. The number of nitrogens with one attached hydrogen (secondary N) is 2. The quantitative estimate of drug-likeness (QED) is 0.705. The molecular formula is C14H21N3O4. The maximum atomic E-state index is 11.7. The first-order chi connectivity index (χ1) is 9.97. The van der Waals surface area contributed by atoms with Gasteiger partial charge in [0.2, 0.25) is 5.88 Å². The Hall–Kier alpha value is -2.31. The average Bonchev–Trinajstić information content (AvgIpc) is 2.50. The van der Waals surface area contributed by atoms with Crippen LogP contribution in [0, 0.1) is 5.92 Å². The first kappa shape index (κ1) is 16.7. The van der Waals surface area contributed by atoms with Crippen LogP contribution in [0.2, 0.25) is 0 Å². The van der Waals surface area contributed by atoms with Crippen LogP contribution >= 0.6 is 0 Å². The van der Waals surface area contributed by atoms with E-state index in [0.29, 0.717) is 12.3 Å². The van der Waals surface area contributed by atoms with Crippen LogP contribution in [0.5, 0.6) is 5.88 Å². The highest BCUT2D eigenvalue weighted by Crippen LogP contribution is 2.08. The molecule has 0 aliphatic carbocycles. The molecule has 0 aromatic carbocycles. The van der Waals surface area contributed by atoms with E-state index in [-0.39, 0.29) is 12.5 Å². The van der Waals surface area contributed by atoms with Crippen LogP contribution < -0.4 is 15.4 Å². The second kappa shape index (κ2) is 8.08. The second-order valence-electron chi connectivity index (χ2n) is 4.74. The molecule has 0 bridgehead atoms. The molecule has 21 heavy (non-hydrogen) atoms. The first-order valence-electron chi connectivity index (χ1n) is 6.74. The van der Waals surface area contributed by atoms with Gasteiger partial charge in [-0.25, -0.2) is 14.6 Å². The third kappa shape index (κ3) is 5.29. The third-order valence-electron chi connectivity index (χ3n) is 3.23. The van der Waals surface area contributed by atoms with Gasteiger partial charge in [0.05, 0.1) is 7.11 Å². The summed E-state index contributed by atoms with van der Waals surface area (Å²) in [5.41, 5.74) is 0.793. The first-order valence-corrected chi connectivity index (χ1v) is 6.74. The van der Waals surface area contributed by atoms with Crippen molar-refractivity contribution in [3.05, 3.63) is 23.9 Å². The molecule has 7 nitrogen and oxygen atoms in total. The van der Waals surface area contributed by atoms with E-state index in [9.17, 15) is 9.59 Å². The number of hydrogen-bond donors (Lipinski definition) is 3. The molecule has 2 atom stereocenters. The van der Waals surface area contributed by atoms with Gasteiger partial charge >= 0.3 is 12.0 Å². The van der Waals surface area contributed by atoms with Gasteiger partial charge in [0, 0.05) is 18.8 Å². The monoisotopic (exact) mass is 295 g/mol. The highest BCUT2D eigenvalue weighted by atomic mass is 16.5. The molecule has 1 unspecified atom stereocenters. The minimum atomic E-state index is -1.04. The van der Waals surface area contributed by atoms with E-state index in [1.165, 1.54) is 7.11 Å². The molecule has 116 valence electrons. The Labute approximate surface area is 123 Å². The van der Waals surface area contributed by atoms with Crippen LogP contribution in [0.1, 0.15) is 25.8 Å². The zero-order valence-corrected chi connectivity index (χ0v) is 12.4. The van der Waals surface area contributed by atoms with Crippen molar-refractivity contribution in [1.29, 1.82) is 0 Å². The number of pyridine rings is 1. The van der Waals surface area contributed by atoms with Crippen LogP contribution in [0.25, 0.3) is 0 Å². The van der Waals surface area contributed by atoms with E-state index in [1.807, 2.05) is 6.92 Å². The molecule has 0 saturated carbocycles. The summed E-state index contributed by atoms with van der Waals surface area (Å²) in [6.45, 7) is 3.92. The summed E-state index contributed by atoms with van der Waals surface area (Å²) in [6.07, 6.45) is 2.25. The van der Waals surface area contributed by atoms with E-state index >= 15 is 0 Å². The van der Waals surface area contributed by atoms with Gasteiger partial charge in [-0.3, -0.25) is 0 Å². The molecule has 7 heteroatoms. The summed E-state index contributed by atoms with van der Waals surface area (Å²) >= 11 is 0. The second-order valence-corrected chi connectivity index (χ2v) is 4.74. The lowest BCUT2D eigenvalue weighted by Crippen LogP contribution is -2.48. The summed E-state index contributed by atoms with van der Waals surface area (Å²) in [5.74, 6) is -0.688. The van der Waals surface area contributed by atoms with Crippen LogP contribution in [-0.4, -0.2) is 35.2 Å². The zero-order chi connectivity index (χ0) is 15.8. The number of methoxy groups -OCH3 is 1. The minimum absolute atomic E-state index is 0.143. The number of rotatable bonds is 7. The zero-order valence-electron chi connectivity index (χ0n) is 12.4. The molecule has 0 spiro atoms. The number of ether oxygens (including phenoxy) is 1. The van der Waals surface area contributed by atoms with Crippen molar-refractivity contribution in [2.45, 2.75) is 32.9 Å². The number of amides is 2. The Morgan fingerprint density at radius 1 is 1.43 bits per heavy atom. The van der Waals surface area contributed by atoms with Gasteiger partial charge in [-0.2, -0.15) is 0 Å². The van der Waals surface area contributed by atoms with Crippen molar-refractivity contribution in [2.24, 2.45) is 5.92 Å². The Kier molecular flexibility index (Phi) is 6.45. The van der Waals surface area contributed by atoms with Gasteiger partial charge in [-0.1, -0.05) is 26.3 Å². The van der Waals surface area contributed by atoms with Crippen LogP contribution in [0.15, 0.2) is 18.3 Å². The summed E-state index contributed by atoms with van der Waals surface area (Å²) in [5, 5.41) is 14.2. The number of carboxylic acids is 1. The average molecular weight is 295 g/mol. The van der Waals surface area contributed by atoms with Gasteiger partial charge < -0.3 is 20.5 Å². The van der Waals surface area contributed by atoms with E-state index in [0.717, 1.165) is 5.56 Å². The van der Waals surface area contributed by atoms with E-state index < -0.39 is 18.0 Å². The molecule has 0 aliphatic heterocycles. The summed E-state index contributed by atoms with van der Waals surface area (Å²) in [7, 11) is 1.52. The van der Waals surface area contributed by atoms with Crippen molar-refractivity contribution in [2.75, 3.05) is 7.11 Å². The largest absolute Gasteiger partial charge is 0.481 e. The van der Waals surface area contributed by atoms with Gasteiger partial charge in [0.25, 0.3) is 0 Å². The maximum absolute atomic E-state index is 11.7. The highest BCUT2D eigenvalue weighted by Gasteiger charge is 2.25. The molecule has 3 N–H and O–H groups in total. The fourth-order valence-corrected chi connectivity index (χ4v) is 1.69. The van der Waals surface area contributed by atoms with Gasteiger partial charge in [0.1, 0.15) is 6.04 Å². The minimum Gasteiger partial charge on any atom is -0.481 e. The summed E-state index contributed by atoms with van der Waals surface area (Å²) in [4.78, 5) is 26.9. The molecule has 0 fully saturated rings. The molecular weight excluding hydrogens is 274 g/mol. The molecule has 1 aromatic rings. The lowest BCUT2D eigenvalue weighted by molar-refractivity contribution is -0.140. The van der Waals surface area contributed by atoms with Gasteiger partial charge in [-0.05, 0) is 11.5 Å². The SMILES string of the molecule is CCC(C)[C@H](NC(=O)NCc1ccc(OC)nc1)C(=O)O. The number of carbonyl (C=O) groups is 2. The number of aromatic nitrogens is 1. The van der Waals surface area contributed by atoms with Crippen molar-refractivity contribution in [1.82, 2.24) is 15.6 Å². The number of carboxylic acid groups (broad SMARTS) is 1. The van der Waals surface area contributed by atoms with Crippen molar-refractivity contribution in [3.63, 3.8) is 0 Å². The number of hydrogen-bond acceptors (Lipinski definition) is 4. The van der Waals surface area contributed by atoms with Crippen molar-refractivity contribution >= 4 is 12.0 Å². The van der Waals surface area contributed by atoms with Crippen LogP contribution in [0.3, 0.4) is 0 Å². The van der Waals surface area contributed by atoms with Gasteiger partial charge in [0.15, 0.2) is 0 Å². The van der Waals surface area contributed by atoms with E-state index in [1.54, 1.807) is 25.3 Å². The van der Waals surface area contributed by atoms with Crippen molar-refractivity contribution < 1.29 is 19.4 Å². The Bertz CT molecular complexity index is 476. The Morgan fingerprint density at radius 2 is 2.14 bits per heavy atom. The third-order valence-corrected chi connectivity index (χ3v) is 3.23. The fourth-order valence-electron chi connectivity index (χ4n) is 1.69. The lowest BCUT2D eigenvalue weighted by Gasteiger charge is -2.20. The van der Waals surface area contributed by atoms with Crippen LogP contribution in [0.4, 0.5) is 4.79 Å². The molecule has 0 saturated heterocycles. The standard InChI is InChI=1S/C14H21N3O4/c1-4-9(2)12(13(18)19)17-14(20)16-8-10-5-6-11(21-3)15-7-10/h5-7,9,12H,4,8H2,1-3H3,(H,18,19)(H2,16,17,20)/t9?,12-/m0/s1. The Morgan fingerprint density at radius 3 is 2.62 bits per heavy atom. The Balaban J connectivity index is 2.50. The molecule has 0 aliphatic rings. The predicted molar refractivity (Wildman–Crippen MR) is 77.0 cm³/mol. The fraction of sp³-hybridized carbons (Fsp3) is 0.500. The smallest absolute Gasteiger partial charge is 0.326 e.